The summed E-state index contributed by atoms with van der Waals surface area (Å²) in [4.78, 5) is 0. The van der Waals surface area contributed by atoms with Crippen LogP contribution >= 0.6 is 12.2 Å². The molecule has 0 radical (unpaired) electrons. The SMILES string of the molecule is Fc1cccc(F)c1C=NNC(=S)NC1CCCCC1. The Bertz CT molecular complexity index is 479. The molecule has 0 bridgehead atoms. The number of hydrogen-bond acceptors (Lipinski definition) is 2. The molecule has 0 atom stereocenters. The average Bonchev–Trinajstić information content (AvgIpc) is 2.43. The Morgan fingerprint density at radius 2 is 1.85 bits per heavy atom. The fraction of sp³-hybridized carbons (Fsp3) is 0.429. The average molecular weight is 297 g/mol. The Morgan fingerprint density at radius 3 is 2.50 bits per heavy atom. The summed E-state index contributed by atoms with van der Waals surface area (Å²) >= 11 is 5.09. The monoisotopic (exact) mass is 297 g/mol. The van der Waals surface area contributed by atoms with Gasteiger partial charge in [0.15, 0.2) is 5.11 Å². The van der Waals surface area contributed by atoms with Gasteiger partial charge in [0, 0.05) is 6.04 Å². The van der Waals surface area contributed by atoms with Crippen molar-refractivity contribution in [3.63, 3.8) is 0 Å². The molecule has 1 aliphatic carbocycles. The number of nitrogens with zero attached hydrogens (tertiary/aromatic N) is 1. The van der Waals surface area contributed by atoms with E-state index >= 15 is 0 Å². The van der Waals surface area contributed by atoms with Crippen LogP contribution in [0.25, 0.3) is 0 Å². The van der Waals surface area contributed by atoms with Crippen LogP contribution in [-0.2, 0) is 0 Å². The lowest BCUT2D eigenvalue weighted by molar-refractivity contribution is 0.412. The highest BCUT2D eigenvalue weighted by atomic mass is 32.1. The van der Waals surface area contributed by atoms with Gasteiger partial charge >= 0.3 is 0 Å². The van der Waals surface area contributed by atoms with Crippen LogP contribution in [0.4, 0.5) is 8.78 Å². The summed E-state index contributed by atoms with van der Waals surface area (Å²) in [5.74, 6) is -1.30. The molecule has 0 unspecified atom stereocenters. The molecule has 3 nitrogen and oxygen atoms in total. The van der Waals surface area contributed by atoms with E-state index in [1.807, 2.05) is 0 Å². The Kier molecular flexibility index (Phi) is 5.40. The summed E-state index contributed by atoms with van der Waals surface area (Å²) < 4.78 is 26.7. The Balaban J connectivity index is 1.84. The third-order valence-electron chi connectivity index (χ3n) is 3.30. The minimum Gasteiger partial charge on any atom is -0.359 e. The van der Waals surface area contributed by atoms with E-state index in [1.54, 1.807) is 0 Å². The van der Waals surface area contributed by atoms with E-state index in [4.69, 9.17) is 12.2 Å². The van der Waals surface area contributed by atoms with Gasteiger partial charge in [0.05, 0.1) is 11.8 Å². The first kappa shape index (κ1) is 14.8. The second-order valence-electron chi connectivity index (χ2n) is 4.81. The minimum atomic E-state index is -0.651. The van der Waals surface area contributed by atoms with Gasteiger partial charge in [-0.05, 0) is 37.2 Å². The number of rotatable bonds is 3. The van der Waals surface area contributed by atoms with Crippen molar-refractivity contribution in [1.82, 2.24) is 10.7 Å². The first-order valence-corrected chi connectivity index (χ1v) is 7.11. The lowest BCUT2D eigenvalue weighted by atomic mass is 9.96. The van der Waals surface area contributed by atoms with Crippen LogP contribution < -0.4 is 10.7 Å². The summed E-state index contributed by atoms with van der Waals surface area (Å²) in [5.41, 5.74) is 2.41. The van der Waals surface area contributed by atoms with Gasteiger partial charge < -0.3 is 5.32 Å². The van der Waals surface area contributed by atoms with Crippen molar-refractivity contribution in [1.29, 1.82) is 0 Å². The molecule has 1 aromatic carbocycles. The zero-order chi connectivity index (χ0) is 14.4. The van der Waals surface area contributed by atoms with Crippen molar-refractivity contribution in [3.05, 3.63) is 35.4 Å². The molecule has 2 rings (SSSR count). The van der Waals surface area contributed by atoms with Gasteiger partial charge in [-0.25, -0.2) is 8.78 Å². The molecule has 0 amide bonds. The molecule has 0 saturated heterocycles. The zero-order valence-electron chi connectivity index (χ0n) is 11.0. The van der Waals surface area contributed by atoms with Gasteiger partial charge in [0.25, 0.3) is 0 Å². The molecule has 6 heteroatoms. The molecule has 1 aromatic rings. The van der Waals surface area contributed by atoms with Crippen LogP contribution in [0, 0.1) is 11.6 Å². The van der Waals surface area contributed by atoms with Gasteiger partial charge in [0.2, 0.25) is 0 Å². The van der Waals surface area contributed by atoms with Crippen molar-refractivity contribution >= 4 is 23.5 Å². The second kappa shape index (κ2) is 7.28. The molecule has 1 saturated carbocycles. The van der Waals surface area contributed by atoms with E-state index in [2.05, 4.69) is 15.8 Å². The van der Waals surface area contributed by atoms with E-state index in [9.17, 15) is 8.78 Å². The van der Waals surface area contributed by atoms with Gasteiger partial charge in [-0.1, -0.05) is 25.3 Å². The third-order valence-corrected chi connectivity index (χ3v) is 3.51. The van der Waals surface area contributed by atoms with Crippen LogP contribution in [0.3, 0.4) is 0 Å². The minimum absolute atomic E-state index is 0.180. The first-order valence-electron chi connectivity index (χ1n) is 6.70. The highest BCUT2D eigenvalue weighted by Crippen LogP contribution is 2.17. The van der Waals surface area contributed by atoms with Gasteiger partial charge in [-0.15, -0.1) is 0 Å². The van der Waals surface area contributed by atoms with Crippen LogP contribution in [0.15, 0.2) is 23.3 Å². The topological polar surface area (TPSA) is 36.4 Å². The largest absolute Gasteiger partial charge is 0.359 e. The van der Waals surface area contributed by atoms with E-state index in [0.717, 1.165) is 19.1 Å². The van der Waals surface area contributed by atoms with Gasteiger partial charge in [-0.2, -0.15) is 5.10 Å². The summed E-state index contributed by atoms with van der Waals surface area (Å²) in [5, 5.41) is 7.30. The highest BCUT2D eigenvalue weighted by Gasteiger charge is 2.13. The van der Waals surface area contributed by atoms with Crippen LogP contribution in [0.2, 0.25) is 0 Å². The molecule has 20 heavy (non-hydrogen) atoms. The fourth-order valence-electron chi connectivity index (χ4n) is 2.25. The number of nitrogens with one attached hydrogen (secondary N) is 2. The van der Waals surface area contributed by atoms with Crippen molar-refractivity contribution in [3.8, 4) is 0 Å². The number of halogens is 2. The van der Waals surface area contributed by atoms with Crippen LogP contribution in [0.5, 0.6) is 0 Å². The van der Waals surface area contributed by atoms with Crippen LogP contribution in [0.1, 0.15) is 37.7 Å². The maximum absolute atomic E-state index is 13.3. The normalized spacial score (nSPS) is 16.3. The fourth-order valence-corrected chi connectivity index (χ4v) is 2.47. The summed E-state index contributed by atoms with van der Waals surface area (Å²) in [6.07, 6.45) is 6.94. The smallest absolute Gasteiger partial charge is 0.187 e. The van der Waals surface area contributed by atoms with Crippen molar-refractivity contribution in [2.75, 3.05) is 0 Å². The highest BCUT2D eigenvalue weighted by molar-refractivity contribution is 7.80. The molecule has 0 spiro atoms. The molecule has 0 aromatic heterocycles. The predicted molar refractivity (Wildman–Crippen MR) is 79.7 cm³/mol. The molecule has 1 aliphatic rings. The Hall–Kier alpha value is -1.56. The first-order chi connectivity index (χ1) is 9.66. The lowest BCUT2D eigenvalue weighted by Gasteiger charge is -2.23. The number of benzene rings is 1. The molecular weight excluding hydrogens is 280 g/mol. The summed E-state index contributed by atoms with van der Waals surface area (Å²) in [7, 11) is 0. The molecule has 0 heterocycles. The number of hydrazone groups is 1. The standard InChI is InChI=1S/C14H17F2N3S/c15-12-7-4-8-13(16)11(12)9-17-19-14(20)18-10-5-2-1-3-6-10/h4,7-10H,1-3,5-6H2,(H2,18,19,20). The maximum atomic E-state index is 13.3. The van der Waals surface area contributed by atoms with Crippen molar-refractivity contribution in [2.24, 2.45) is 5.10 Å². The molecule has 2 N–H and O–H groups in total. The molecular formula is C14H17F2N3S. The Labute approximate surface area is 122 Å². The quantitative estimate of drug-likeness (QED) is 0.511. The van der Waals surface area contributed by atoms with E-state index in [1.165, 1.54) is 37.5 Å². The molecule has 1 fully saturated rings. The second-order valence-corrected chi connectivity index (χ2v) is 5.22. The van der Waals surface area contributed by atoms with Crippen LogP contribution in [-0.4, -0.2) is 17.4 Å². The molecule has 108 valence electrons. The summed E-state index contributed by atoms with van der Waals surface area (Å²) in [6.45, 7) is 0. The van der Waals surface area contributed by atoms with E-state index in [0.29, 0.717) is 11.2 Å². The van der Waals surface area contributed by atoms with E-state index < -0.39 is 11.6 Å². The zero-order valence-corrected chi connectivity index (χ0v) is 11.9. The lowest BCUT2D eigenvalue weighted by Crippen LogP contribution is -2.40. The van der Waals surface area contributed by atoms with Crippen molar-refractivity contribution < 1.29 is 8.78 Å². The molecule has 0 aliphatic heterocycles. The number of thiocarbonyl (C=S) groups is 1. The third kappa shape index (κ3) is 4.23. The van der Waals surface area contributed by atoms with Gasteiger partial charge in [0.1, 0.15) is 11.6 Å². The van der Waals surface area contributed by atoms with E-state index in [-0.39, 0.29) is 5.56 Å². The summed E-state index contributed by atoms with van der Waals surface area (Å²) in [6, 6.07) is 4.04. The van der Waals surface area contributed by atoms with Gasteiger partial charge in [-0.3, -0.25) is 5.43 Å². The van der Waals surface area contributed by atoms with Crippen molar-refractivity contribution in [2.45, 2.75) is 38.1 Å². The number of hydrogen-bond donors (Lipinski definition) is 2. The maximum Gasteiger partial charge on any atom is 0.187 e. The predicted octanol–water partition coefficient (Wildman–Crippen LogP) is 3.10. The Morgan fingerprint density at radius 1 is 1.20 bits per heavy atom.